The Bertz CT molecular complexity index is 566. The second-order valence-corrected chi connectivity index (χ2v) is 4.79. The molecule has 0 spiro atoms. The highest BCUT2D eigenvalue weighted by Crippen LogP contribution is 2.16. The molecule has 1 aromatic rings. The van der Waals surface area contributed by atoms with Crippen LogP contribution in [-0.4, -0.2) is 35.2 Å². The van der Waals surface area contributed by atoms with Gasteiger partial charge in [-0.15, -0.1) is 0 Å². The van der Waals surface area contributed by atoms with E-state index in [1.807, 2.05) is 0 Å². The third-order valence-electron chi connectivity index (χ3n) is 3.19. The van der Waals surface area contributed by atoms with E-state index in [-0.39, 0.29) is 12.1 Å². The summed E-state index contributed by atoms with van der Waals surface area (Å²) in [6.07, 6.45) is 0.388. The van der Waals surface area contributed by atoms with E-state index in [9.17, 15) is 18.8 Å². The van der Waals surface area contributed by atoms with E-state index in [2.05, 4.69) is 5.32 Å². The first-order valence-corrected chi connectivity index (χ1v) is 6.34. The van der Waals surface area contributed by atoms with Crippen LogP contribution in [-0.2, 0) is 9.59 Å². The molecule has 1 aliphatic heterocycles. The molecule has 1 saturated heterocycles. The second kappa shape index (κ2) is 5.40. The van der Waals surface area contributed by atoms with Gasteiger partial charge in [0, 0.05) is 5.56 Å². The maximum absolute atomic E-state index is 13.4. The standard InChI is InChI=1S/C14H15FN2O3/c1-3-11-13(19)16-12(18)7-17(11)14(20)9-4-8(2)5-10(15)6-9/h4-6,11H,3,7H2,1-2H3,(H,16,18,19). The van der Waals surface area contributed by atoms with Gasteiger partial charge in [0.2, 0.25) is 11.8 Å². The van der Waals surface area contributed by atoms with Gasteiger partial charge in [0.1, 0.15) is 18.4 Å². The molecule has 20 heavy (non-hydrogen) atoms. The van der Waals surface area contributed by atoms with Crippen molar-refractivity contribution in [1.82, 2.24) is 10.2 Å². The normalized spacial score (nSPS) is 18.9. The maximum Gasteiger partial charge on any atom is 0.255 e. The van der Waals surface area contributed by atoms with E-state index in [0.717, 1.165) is 6.07 Å². The van der Waals surface area contributed by atoms with Crippen LogP contribution in [0.1, 0.15) is 29.3 Å². The molecule has 0 radical (unpaired) electrons. The highest BCUT2D eigenvalue weighted by atomic mass is 19.1. The Labute approximate surface area is 115 Å². The van der Waals surface area contributed by atoms with Gasteiger partial charge in [0.25, 0.3) is 5.91 Å². The molecular weight excluding hydrogens is 263 g/mol. The number of nitrogens with zero attached hydrogens (tertiary/aromatic N) is 1. The number of carbonyl (C=O) groups is 3. The van der Waals surface area contributed by atoms with Crippen LogP contribution in [0.4, 0.5) is 4.39 Å². The van der Waals surface area contributed by atoms with Crippen molar-refractivity contribution < 1.29 is 18.8 Å². The molecule has 1 atom stereocenters. The summed E-state index contributed by atoms with van der Waals surface area (Å²) < 4.78 is 13.4. The van der Waals surface area contributed by atoms with Crippen LogP contribution in [0.2, 0.25) is 0 Å². The molecule has 5 nitrogen and oxygen atoms in total. The van der Waals surface area contributed by atoms with Crippen LogP contribution in [0.25, 0.3) is 0 Å². The number of halogens is 1. The highest BCUT2D eigenvalue weighted by molar-refractivity contribution is 6.07. The van der Waals surface area contributed by atoms with Gasteiger partial charge in [-0.3, -0.25) is 19.7 Å². The van der Waals surface area contributed by atoms with E-state index in [1.54, 1.807) is 13.8 Å². The molecule has 106 valence electrons. The number of nitrogens with one attached hydrogen (secondary N) is 1. The van der Waals surface area contributed by atoms with Crippen molar-refractivity contribution in [2.24, 2.45) is 0 Å². The van der Waals surface area contributed by atoms with Crippen LogP contribution in [0, 0.1) is 12.7 Å². The van der Waals surface area contributed by atoms with Crippen molar-refractivity contribution in [2.45, 2.75) is 26.3 Å². The van der Waals surface area contributed by atoms with Gasteiger partial charge in [0.15, 0.2) is 0 Å². The zero-order valence-electron chi connectivity index (χ0n) is 11.3. The molecule has 6 heteroatoms. The van der Waals surface area contributed by atoms with Gasteiger partial charge >= 0.3 is 0 Å². The first-order chi connectivity index (χ1) is 9.42. The Morgan fingerprint density at radius 2 is 2.10 bits per heavy atom. The fourth-order valence-electron chi connectivity index (χ4n) is 2.31. The minimum Gasteiger partial charge on any atom is -0.317 e. The number of amides is 3. The molecule has 3 amide bonds. The largest absolute Gasteiger partial charge is 0.317 e. The van der Waals surface area contributed by atoms with Crippen molar-refractivity contribution in [3.8, 4) is 0 Å². The van der Waals surface area contributed by atoms with Crippen LogP contribution in [0.5, 0.6) is 0 Å². The smallest absolute Gasteiger partial charge is 0.255 e. The Balaban J connectivity index is 2.34. The first kappa shape index (κ1) is 14.2. The molecule has 1 fully saturated rings. The lowest BCUT2D eigenvalue weighted by atomic mass is 10.1. The van der Waals surface area contributed by atoms with Gasteiger partial charge in [-0.05, 0) is 37.1 Å². The van der Waals surface area contributed by atoms with Gasteiger partial charge in [-0.2, -0.15) is 0 Å². The minimum atomic E-state index is -0.705. The quantitative estimate of drug-likeness (QED) is 0.821. The third-order valence-corrected chi connectivity index (χ3v) is 3.19. The number of imide groups is 1. The summed E-state index contributed by atoms with van der Waals surface area (Å²) in [5, 5.41) is 2.19. The molecule has 0 aromatic heterocycles. The van der Waals surface area contributed by atoms with E-state index in [4.69, 9.17) is 0 Å². The summed E-state index contributed by atoms with van der Waals surface area (Å²) in [7, 11) is 0. The third kappa shape index (κ3) is 2.68. The summed E-state index contributed by atoms with van der Waals surface area (Å²) >= 11 is 0. The van der Waals surface area contributed by atoms with Gasteiger partial charge in [-0.1, -0.05) is 6.92 Å². The molecule has 2 rings (SSSR count). The highest BCUT2D eigenvalue weighted by Gasteiger charge is 2.35. The number of aryl methyl sites for hydroxylation is 1. The van der Waals surface area contributed by atoms with Crippen molar-refractivity contribution in [1.29, 1.82) is 0 Å². The lowest BCUT2D eigenvalue weighted by molar-refractivity contribution is -0.138. The van der Waals surface area contributed by atoms with Gasteiger partial charge in [-0.25, -0.2) is 4.39 Å². The maximum atomic E-state index is 13.4. The number of benzene rings is 1. The number of hydrogen-bond donors (Lipinski definition) is 1. The molecule has 0 aliphatic carbocycles. The second-order valence-electron chi connectivity index (χ2n) is 4.79. The molecule has 1 aliphatic rings. The summed E-state index contributed by atoms with van der Waals surface area (Å²) in [4.78, 5) is 36.7. The van der Waals surface area contributed by atoms with E-state index in [1.165, 1.54) is 17.0 Å². The van der Waals surface area contributed by atoms with E-state index < -0.39 is 29.6 Å². The van der Waals surface area contributed by atoms with Gasteiger partial charge in [0.05, 0.1) is 0 Å². The van der Waals surface area contributed by atoms with E-state index in [0.29, 0.717) is 12.0 Å². The van der Waals surface area contributed by atoms with Crippen molar-refractivity contribution in [2.75, 3.05) is 6.54 Å². The fraction of sp³-hybridized carbons (Fsp3) is 0.357. The SMILES string of the molecule is CCC1C(=O)NC(=O)CN1C(=O)c1cc(C)cc(F)c1. The molecule has 1 aromatic carbocycles. The van der Waals surface area contributed by atoms with Crippen LogP contribution in [0.15, 0.2) is 18.2 Å². The first-order valence-electron chi connectivity index (χ1n) is 6.34. The summed E-state index contributed by atoms with van der Waals surface area (Å²) in [6, 6.07) is 3.25. The predicted octanol–water partition coefficient (Wildman–Crippen LogP) is 1.01. The van der Waals surface area contributed by atoms with Crippen molar-refractivity contribution in [3.63, 3.8) is 0 Å². The molecule has 1 heterocycles. The molecule has 0 saturated carbocycles. The Kier molecular flexibility index (Phi) is 3.83. The van der Waals surface area contributed by atoms with Crippen molar-refractivity contribution in [3.05, 3.63) is 35.1 Å². The fourth-order valence-corrected chi connectivity index (χ4v) is 2.31. The predicted molar refractivity (Wildman–Crippen MR) is 69.4 cm³/mol. The summed E-state index contributed by atoms with van der Waals surface area (Å²) in [5.41, 5.74) is 0.748. The molecule has 0 bridgehead atoms. The van der Waals surface area contributed by atoms with E-state index >= 15 is 0 Å². The number of carbonyl (C=O) groups excluding carboxylic acids is 3. The average molecular weight is 278 g/mol. The lowest BCUT2D eigenvalue weighted by Gasteiger charge is -2.33. The number of piperazine rings is 1. The molecule has 1 N–H and O–H groups in total. The van der Waals surface area contributed by atoms with Crippen molar-refractivity contribution >= 4 is 17.7 Å². The number of hydrogen-bond acceptors (Lipinski definition) is 3. The lowest BCUT2D eigenvalue weighted by Crippen LogP contribution is -2.59. The molecule has 1 unspecified atom stereocenters. The summed E-state index contributed by atoms with van der Waals surface area (Å²) in [5.74, 6) is -2.05. The van der Waals surface area contributed by atoms with Gasteiger partial charge < -0.3 is 4.90 Å². The Morgan fingerprint density at radius 3 is 2.70 bits per heavy atom. The number of rotatable bonds is 2. The zero-order valence-corrected chi connectivity index (χ0v) is 11.3. The zero-order chi connectivity index (χ0) is 14.9. The monoisotopic (exact) mass is 278 g/mol. The van der Waals surface area contributed by atoms with Crippen LogP contribution >= 0.6 is 0 Å². The average Bonchev–Trinajstić information content (AvgIpc) is 2.35. The minimum absolute atomic E-state index is 0.142. The van der Waals surface area contributed by atoms with Crippen LogP contribution in [0.3, 0.4) is 0 Å². The molecular formula is C14H15FN2O3. The topological polar surface area (TPSA) is 66.5 Å². The summed E-state index contributed by atoms with van der Waals surface area (Å²) in [6.45, 7) is 3.22. The Morgan fingerprint density at radius 1 is 1.40 bits per heavy atom. The van der Waals surface area contributed by atoms with Crippen LogP contribution < -0.4 is 5.32 Å². The Hall–Kier alpha value is -2.24.